The number of hydrogen-bond donors (Lipinski definition) is 1. The highest BCUT2D eigenvalue weighted by atomic mass is 16.6. The lowest BCUT2D eigenvalue weighted by Crippen LogP contribution is -2.47. The Morgan fingerprint density at radius 2 is 2.03 bits per heavy atom. The molecule has 164 valence electrons. The molecule has 1 aromatic rings. The Bertz CT molecular complexity index is 943. The zero-order valence-corrected chi connectivity index (χ0v) is 17.8. The number of aryl methyl sites for hydroxylation is 1. The molecule has 8 heteroatoms. The van der Waals surface area contributed by atoms with Crippen LogP contribution in [-0.4, -0.2) is 60.0 Å². The Balaban J connectivity index is 1.22. The molecule has 1 saturated heterocycles. The summed E-state index contributed by atoms with van der Waals surface area (Å²) < 4.78 is 17.4. The molecule has 0 saturated carbocycles. The molecule has 1 amide bonds. The number of aromatic nitrogens is 1. The van der Waals surface area contributed by atoms with Gasteiger partial charge in [-0.05, 0) is 37.5 Å². The van der Waals surface area contributed by atoms with E-state index < -0.39 is 5.91 Å². The number of nitrogens with two attached hydrogens (primary N) is 1. The van der Waals surface area contributed by atoms with E-state index in [2.05, 4.69) is 33.0 Å². The average molecular weight is 425 g/mol. The number of piperazine rings is 1. The monoisotopic (exact) mass is 424 g/mol. The molecule has 0 spiro atoms. The Morgan fingerprint density at radius 3 is 2.71 bits per heavy atom. The van der Waals surface area contributed by atoms with Crippen LogP contribution in [-0.2, 0) is 9.47 Å². The van der Waals surface area contributed by atoms with E-state index in [9.17, 15) is 4.79 Å². The molecule has 0 aromatic carbocycles. The highest BCUT2D eigenvalue weighted by molar-refractivity contribution is 5.95. The molecule has 4 rings (SSSR count). The van der Waals surface area contributed by atoms with Crippen LogP contribution in [0.2, 0.25) is 0 Å². The molecule has 2 N–H and O–H groups in total. The lowest BCUT2D eigenvalue weighted by Gasteiger charge is -2.36. The number of rotatable bonds is 7. The highest BCUT2D eigenvalue weighted by Crippen LogP contribution is 2.26. The quantitative estimate of drug-likeness (QED) is 0.719. The van der Waals surface area contributed by atoms with Gasteiger partial charge in [-0.3, -0.25) is 9.69 Å². The van der Waals surface area contributed by atoms with E-state index in [4.69, 9.17) is 19.9 Å². The Hall–Kier alpha value is -3.26. The predicted molar refractivity (Wildman–Crippen MR) is 116 cm³/mol. The molecular weight excluding hydrogens is 396 g/mol. The SMILES string of the molecule is Cc1ccc(C(N)=O)c(OCCN2CCN(C3=COC(C4=CC=CCC4)=CO3)CC2)n1. The number of pyridine rings is 1. The standard InChI is InChI=1S/C23H28N4O4/c1-17-7-8-19(22(24)28)23(25-17)29-14-13-26-9-11-27(12-10-26)21-16-30-20(15-31-21)18-5-3-2-4-6-18/h2-3,5,7-8,15-16H,4,6,9-14H2,1H3,(H2,24,28). The first-order valence-corrected chi connectivity index (χ1v) is 10.6. The van der Waals surface area contributed by atoms with E-state index in [1.165, 1.54) is 0 Å². The number of carbonyl (C=O) groups is 1. The molecule has 0 radical (unpaired) electrons. The second-order valence-corrected chi connectivity index (χ2v) is 7.68. The molecule has 1 aromatic heterocycles. The molecule has 8 nitrogen and oxygen atoms in total. The fraction of sp³-hybridized carbons (Fsp3) is 0.391. The van der Waals surface area contributed by atoms with Crippen molar-refractivity contribution in [3.8, 4) is 5.88 Å². The Kier molecular flexibility index (Phi) is 6.57. The summed E-state index contributed by atoms with van der Waals surface area (Å²) in [6, 6.07) is 3.40. The van der Waals surface area contributed by atoms with Crippen LogP contribution in [0, 0.1) is 6.92 Å². The van der Waals surface area contributed by atoms with E-state index in [0.717, 1.165) is 68.5 Å². The summed E-state index contributed by atoms with van der Waals surface area (Å²) >= 11 is 0. The van der Waals surface area contributed by atoms with Crippen molar-refractivity contribution in [3.05, 3.63) is 71.4 Å². The molecule has 31 heavy (non-hydrogen) atoms. The van der Waals surface area contributed by atoms with Crippen LogP contribution in [0.15, 0.2) is 60.1 Å². The zero-order valence-electron chi connectivity index (χ0n) is 17.8. The zero-order chi connectivity index (χ0) is 21.6. The van der Waals surface area contributed by atoms with Gasteiger partial charge in [-0.1, -0.05) is 18.2 Å². The van der Waals surface area contributed by atoms with Gasteiger partial charge >= 0.3 is 0 Å². The summed E-state index contributed by atoms with van der Waals surface area (Å²) in [6.07, 6.45) is 11.7. The van der Waals surface area contributed by atoms with Gasteiger partial charge in [-0.25, -0.2) is 4.98 Å². The van der Waals surface area contributed by atoms with Crippen molar-refractivity contribution in [2.75, 3.05) is 39.3 Å². The molecule has 2 aliphatic heterocycles. The topological polar surface area (TPSA) is 90.2 Å². The number of amides is 1. The van der Waals surface area contributed by atoms with Crippen LogP contribution in [0.3, 0.4) is 0 Å². The molecule has 0 atom stereocenters. The van der Waals surface area contributed by atoms with E-state index >= 15 is 0 Å². The van der Waals surface area contributed by atoms with Crippen LogP contribution in [0.25, 0.3) is 0 Å². The highest BCUT2D eigenvalue weighted by Gasteiger charge is 2.23. The van der Waals surface area contributed by atoms with E-state index in [0.29, 0.717) is 18.1 Å². The lowest BCUT2D eigenvalue weighted by molar-refractivity contribution is 0.0779. The van der Waals surface area contributed by atoms with E-state index in [1.807, 2.05) is 6.92 Å². The van der Waals surface area contributed by atoms with Crippen molar-refractivity contribution in [1.29, 1.82) is 0 Å². The van der Waals surface area contributed by atoms with Gasteiger partial charge in [0.25, 0.3) is 5.91 Å². The average Bonchev–Trinajstić information content (AvgIpc) is 2.80. The van der Waals surface area contributed by atoms with Gasteiger partial charge in [-0.2, -0.15) is 0 Å². The minimum atomic E-state index is -0.535. The lowest BCUT2D eigenvalue weighted by atomic mass is 10.0. The Morgan fingerprint density at radius 1 is 1.19 bits per heavy atom. The molecule has 0 bridgehead atoms. The fourth-order valence-electron chi connectivity index (χ4n) is 3.69. The van der Waals surface area contributed by atoms with Crippen LogP contribution in [0.4, 0.5) is 0 Å². The molecule has 1 aliphatic carbocycles. The maximum atomic E-state index is 11.5. The third kappa shape index (κ3) is 5.27. The summed E-state index contributed by atoms with van der Waals surface area (Å²) in [6.45, 7) is 6.45. The molecule has 1 fully saturated rings. The number of carbonyl (C=O) groups excluding carboxylic acids is 1. The first kappa shape index (κ1) is 21.0. The van der Waals surface area contributed by atoms with Gasteiger partial charge in [0.05, 0.1) is 0 Å². The second kappa shape index (κ2) is 9.70. The van der Waals surface area contributed by atoms with Crippen molar-refractivity contribution in [3.63, 3.8) is 0 Å². The van der Waals surface area contributed by atoms with Crippen LogP contribution < -0.4 is 10.5 Å². The second-order valence-electron chi connectivity index (χ2n) is 7.68. The third-order valence-electron chi connectivity index (χ3n) is 5.50. The minimum Gasteiger partial charge on any atom is -0.476 e. The summed E-state index contributed by atoms with van der Waals surface area (Å²) in [5.41, 5.74) is 7.65. The summed E-state index contributed by atoms with van der Waals surface area (Å²) in [7, 11) is 0. The number of ether oxygens (including phenoxy) is 3. The first-order valence-electron chi connectivity index (χ1n) is 10.6. The maximum absolute atomic E-state index is 11.5. The van der Waals surface area contributed by atoms with Crippen LogP contribution in [0.5, 0.6) is 5.88 Å². The molecule has 3 heterocycles. The predicted octanol–water partition coefficient (Wildman–Crippen LogP) is 2.45. The smallest absolute Gasteiger partial charge is 0.254 e. The summed E-state index contributed by atoms with van der Waals surface area (Å²) in [5, 5.41) is 0. The van der Waals surface area contributed by atoms with Crippen molar-refractivity contribution in [2.45, 2.75) is 19.8 Å². The minimum absolute atomic E-state index is 0.301. The normalized spacial score (nSPS) is 19.0. The van der Waals surface area contributed by atoms with Crippen molar-refractivity contribution < 1.29 is 19.0 Å². The van der Waals surface area contributed by atoms with Gasteiger partial charge in [0, 0.05) is 38.4 Å². The Labute approximate surface area is 182 Å². The van der Waals surface area contributed by atoms with E-state index in [1.54, 1.807) is 24.7 Å². The molecule has 0 unspecified atom stereocenters. The number of primary amides is 1. The van der Waals surface area contributed by atoms with Gasteiger partial charge in [0.2, 0.25) is 11.8 Å². The number of nitrogens with zero attached hydrogens (tertiary/aromatic N) is 3. The van der Waals surface area contributed by atoms with Crippen LogP contribution >= 0.6 is 0 Å². The van der Waals surface area contributed by atoms with Crippen molar-refractivity contribution >= 4 is 5.91 Å². The summed E-state index contributed by atoms with van der Waals surface area (Å²) in [4.78, 5) is 20.3. The van der Waals surface area contributed by atoms with Crippen molar-refractivity contribution in [1.82, 2.24) is 14.8 Å². The number of hydrogen-bond acceptors (Lipinski definition) is 7. The first-order chi connectivity index (χ1) is 15.1. The van der Waals surface area contributed by atoms with Crippen LogP contribution in [0.1, 0.15) is 28.9 Å². The largest absolute Gasteiger partial charge is 0.476 e. The van der Waals surface area contributed by atoms with Gasteiger partial charge in [0.15, 0.2) is 12.0 Å². The summed E-state index contributed by atoms with van der Waals surface area (Å²) in [5.74, 6) is 1.29. The number of allylic oxidation sites excluding steroid dienone is 4. The maximum Gasteiger partial charge on any atom is 0.254 e. The van der Waals surface area contributed by atoms with Crippen molar-refractivity contribution in [2.24, 2.45) is 5.73 Å². The molecule has 3 aliphatic rings. The molecular formula is C23H28N4O4. The van der Waals surface area contributed by atoms with Gasteiger partial charge < -0.3 is 24.8 Å². The third-order valence-corrected chi connectivity index (χ3v) is 5.50. The van der Waals surface area contributed by atoms with Gasteiger partial charge in [-0.15, -0.1) is 0 Å². The fourth-order valence-corrected chi connectivity index (χ4v) is 3.69. The van der Waals surface area contributed by atoms with E-state index in [-0.39, 0.29) is 0 Å². The van der Waals surface area contributed by atoms with Gasteiger partial charge in [0.1, 0.15) is 18.4 Å².